The van der Waals surface area contributed by atoms with Gasteiger partial charge in [0.2, 0.25) is 0 Å². The summed E-state index contributed by atoms with van der Waals surface area (Å²) in [6, 6.07) is 12.7. The van der Waals surface area contributed by atoms with E-state index < -0.39 is 0 Å². The van der Waals surface area contributed by atoms with Crippen LogP contribution in [0.1, 0.15) is 46.1 Å². The van der Waals surface area contributed by atoms with Crippen molar-refractivity contribution in [2.24, 2.45) is 10.1 Å². The summed E-state index contributed by atoms with van der Waals surface area (Å²) in [7, 11) is 0. The maximum Gasteiger partial charge on any atom is 0.145 e. The number of thioether (sulfide) groups is 1. The Morgan fingerprint density at radius 1 is 1.33 bits per heavy atom. The van der Waals surface area contributed by atoms with E-state index in [9.17, 15) is 5.26 Å². The van der Waals surface area contributed by atoms with E-state index in [1.165, 1.54) is 5.56 Å². The number of hydrogen-bond acceptors (Lipinski definition) is 6. The van der Waals surface area contributed by atoms with Crippen molar-refractivity contribution < 1.29 is 0 Å². The largest absolute Gasteiger partial charge is 0.369 e. The van der Waals surface area contributed by atoms with Crippen molar-refractivity contribution in [1.29, 1.82) is 5.26 Å². The Kier molecular flexibility index (Phi) is 8.41. The SMILES string of the molecule is C/C=N\N1C(NCCc2ccccc2)=C(C#N)C(SC(CC)CC)=NC1C. The maximum atomic E-state index is 9.86. The quantitative estimate of drug-likeness (QED) is 0.669. The molecule has 0 radical (unpaired) electrons. The number of benzene rings is 1. The Morgan fingerprint density at radius 2 is 2.04 bits per heavy atom. The highest BCUT2D eigenvalue weighted by atomic mass is 32.2. The van der Waals surface area contributed by atoms with Crippen LogP contribution in [0.15, 0.2) is 51.8 Å². The zero-order chi connectivity index (χ0) is 19.6. The molecule has 0 bridgehead atoms. The van der Waals surface area contributed by atoms with E-state index in [1.54, 1.807) is 23.0 Å². The van der Waals surface area contributed by atoms with Crippen LogP contribution >= 0.6 is 11.8 Å². The molecule has 0 aromatic heterocycles. The molecule has 1 heterocycles. The fourth-order valence-electron chi connectivity index (χ4n) is 2.91. The maximum absolute atomic E-state index is 9.86. The molecule has 144 valence electrons. The van der Waals surface area contributed by atoms with Gasteiger partial charge in [0.05, 0.1) is 0 Å². The number of aliphatic imine (C=N–C) groups is 1. The van der Waals surface area contributed by atoms with E-state index in [-0.39, 0.29) is 6.17 Å². The van der Waals surface area contributed by atoms with E-state index in [0.29, 0.717) is 10.8 Å². The van der Waals surface area contributed by atoms with Crippen LogP contribution in [0, 0.1) is 11.3 Å². The van der Waals surface area contributed by atoms with Gasteiger partial charge in [-0.1, -0.05) is 44.2 Å². The standard InChI is InChI=1S/C21H29N5S/c1-5-18(6-2)27-21-19(15-22)20(26(24-7-3)16(4)25-21)23-14-13-17-11-9-8-10-12-17/h7-12,16,18,23H,5-6,13-14H2,1-4H3/b24-7-. The Hall–Kier alpha value is -2.26. The first kappa shape index (κ1) is 21.0. The molecule has 1 N–H and O–H groups in total. The molecule has 1 aromatic rings. The zero-order valence-corrected chi connectivity index (χ0v) is 17.5. The second-order valence-electron chi connectivity index (χ2n) is 6.34. The number of hydrazone groups is 1. The average Bonchev–Trinajstić information content (AvgIpc) is 2.69. The van der Waals surface area contributed by atoms with Crippen molar-refractivity contribution in [3.8, 4) is 6.07 Å². The van der Waals surface area contributed by atoms with E-state index >= 15 is 0 Å². The molecule has 1 aromatic carbocycles. The van der Waals surface area contributed by atoms with Gasteiger partial charge in [-0.2, -0.15) is 10.4 Å². The lowest BCUT2D eigenvalue weighted by Gasteiger charge is -2.32. The minimum absolute atomic E-state index is 0.144. The topological polar surface area (TPSA) is 63.8 Å². The molecule has 0 amide bonds. The molecule has 0 aliphatic carbocycles. The second kappa shape index (κ2) is 10.8. The van der Waals surface area contributed by atoms with Crippen LogP contribution in [0.4, 0.5) is 0 Å². The summed E-state index contributed by atoms with van der Waals surface area (Å²) in [4.78, 5) is 4.76. The molecule has 0 fully saturated rings. The van der Waals surface area contributed by atoms with Gasteiger partial charge in [0.1, 0.15) is 28.7 Å². The number of nitrogens with one attached hydrogen (secondary N) is 1. The van der Waals surface area contributed by atoms with Gasteiger partial charge in [-0.05, 0) is 38.7 Å². The van der Waals surface area contributed by atoms with E-state index in [0.717, 1.165) is 36.7 Å². The highest BCUT2D eigenvalue weighted by molar-refractivity contribution is 8.15. The molecule has 1 aliphatic rings. The first-order valence-electron chi connectivity index (χ1n) is 9.59. The highest BCUT2D eigenvalue weighted by Gasteiger charge is 2.29. The molecule has 1 atom stereocenters. The highest BCUT2D eigenvalue weighted by Crippen LogP contribution is 2.30. The summed E-state index contributed by atoms with van der Waals surface area (Å²) in [5.74, 6) is 0.752. The van der Waals surface area contributed by atoms with Gasteiger partial charge < -0.3 is 5.32 Å². The third-order valence-electron chi connectivity index (χ3n) is 4.43. The predicted octanol–water partition coefficient (Wildman–Crippen LogP) is 4.54. The van der Waals surface area contributed by atoms with E-state index in [1.807, 2.05) is 32.0 Å². The van der Waals surface area contributed by atoms with E-state index in [2.05, 4.69) is 42.5 Å². The number of nitriles is 1. The minimum atomic E-state index is -0.144. The molecular weight excluding hydrogens is 354 g/mol. The van der Waals surface area contributed by atoms with Crippen LogP contribution in [0.25, 0.3) is 0 Å². The number of hydrogen-bond donors (Lipinski definition) is 1. The van der Waals surface area contributed by atoms with Gasteiger partial charge >= 0.3 is 0 Å². The Balaban J connectivity index is 2.25. The van der Waals surface area contributed by atoms with Gasteiger partial charge in [-0.15, -0.1) is 11.8 Å². The van der Waals surface area contributed by atoms with Crippen molar-refractivity contribution in [2.45, 2.75) is 58.4 Å². The average molecular weight is 384 g/mol. The summed E-state index contributed by atoms with van der Waals surface area (Å²) in [5, 5.41) is 20.8. The Labute approximate surface area is 167 Å². The normalized spacial score (nSPS) is 17.4. The summed E-state index contributed by atoms with van der Waals surface area (Å²) in [6.07, 6.45) is 4.59. The van der Waals surface area contributed by atoms with Crippen LogP contribution in [0.5, 0.6) is 0 Å². The van der Waals surface area contributed by atoms with Crippen LogP contribution in [0.3, 0.4) is 0 Å². The van der Waals surface area contributed by atoms with Crippen LogP contribution in [-0.4, -0.2) is 34.2 Å². The molecule has 27 heavy (non-hydrogen) atoms. The molecular formula is C21H29N5S. The lowest BCUT2D eigenvalue weighted by molar-refractivity contribution is 0.264. The number of nitrogens with zero attached hydrogens (tertiary/aromatic N) is 4. The van der Waals surface area contributed by atoms with Gasteiger partial charge in [-0.3, -0.25) is 4.99 Å². The summed E-state index contributed by atoms with van der Waals surface area (Å²) >= 11 is 1.71. The first-order valence-corrected chi connectivity index (χ1v) is 10.5. The monoisotopic (exact) mass is 383 g/mol. The van der Waals surface area contributed by atoms with Gasteiger partial charge in [0, 0.05) is 18.0 Å². The fraction of sp³-hybridized carbons (Fsp3) is 0.476. The van der Waals surface area contributed by atoms with Crippen molar-refractivity contribution in [3.05, 3.63) is 47.3 Å². The first-order chi connectivity index (χ1) is 13.1. The molecule has 0 spiro atoms. The third kappa shape index (κ3) is 5.61. The van der Waals surface area contributed by atoms with Crippen molar-refractivity contribution in [3.63, 3.8) is 0 Å². The van der Waals surface area contributed by atoms with Crippen LogP contribution in [0.2, 0.25) is 0 Å². The summed E-state index contributed by atoms with van der Waals surface area (Å²) < 4.78 is 0. The smallest absolute Gasteiger partial charge is 0.145 e. The van der Waals surface area contributed by atoms with Gasteiger partial charge in [0.25, 0.3) is 0 Å². The van der Waals surface area contributed by atoms with Crippen LogP contribution in [-0.2, 0) is 6.42 Å². The summed E-state index contributed by atoms with van der Waals surface area (Å²) in [6.45, 7) is 8.97. The lowest BCUT2D eigenvalue weighted by atomic mass is 10.1. The van der Waals surface area contributed by atoms with Crippen LogP contribution < -0.4 is 5.32 Å². The molecule has 6 heteroatoms. The molecule has 1 aliphatic heterocycles. The molecule has 0 saturated heterocycles. The van der Waals surface area contributed by atoms with Gasteiger partial charge in [0.15, 0.2) is 0 Å². The van der Waals surface area contributed by atoms with E-state index in [4.69, 9.17) is 4.99 Å². The molecule has 1 unspecified atom stereocenters. The lowest BCUT2D eigenvalue weighted by Crippen LogP contribution is -2.40. The molecule has 2 rings (SSSR count). The Morgan fingerprint density at radius 3 is 2.63 bits per heavy atom. The fourth-order valence-corrected chi connectivity index (χ4v) is 4.04. The number of rotatable bonds is 8. The molecule has 5 nitrogen and oxygen atoms in total. The predicted molar refractivity (Wildman–Crippen MR) is 116 cm³/mol. The third-order valence-corrected chi connectivity index (χ3v) is 5.96. The minimum Gasteiger partial charge on any atom is -0.369 e. The zero-order valence-electron chi connectivity index (χ0n) is 16.6. The molecule has 0 saturated carbocycles. The Bertz CT molecular complexity index is 729. The second-order valence-corrected chi connectivity index (χ2v) is 7.63. The summed E-state index contributed by atoms with van der Waals surface area (Å²) in [5.41, 5.74) is 1.85. The van der Waals surface area contributed by atoms with Crippen molar-refractivity contribution >= 4 is 23.0 Å². The van der Waals surface area contributed by atoms with Crippen molar-refractivity contribution in [1.82, 2.24) is 10.3 Å². The van der Waals surface area contributed by atoms with Crippen molar-refractivity contribution in [2.75, 3.05) is 6.54 Å². The van der Waals surface area contributed by atoms with Gasteiger partial charge in [-0.25, -0.2) is 5.01 Å².